The summed E-state index contributed by atoms with van der Waals surface area (Å²) in [4.78, 5) is 37.0. The van der Waals surface area contributed by atoms with Crippen molar-refractivity contribution in [1.29, 1.82) is 0 Å². The first-order valence-corrected chi connectivity index (χ1v) is 11.5. The maximum Gasteiger partial charge on any atom is 0.343 e. The highest BCUT2D eigenvalue weighted by atomic mass is 16.7. The lowest BCUT2D eigenvalue weighted by atomic mass is 10.1. The van der Waals surface area contributed by atoms with Crippen LogP contribution in [0.1, 0.15) is 26.3 Å². The molecular weight excluding hydrogens is 510 g/mol. The van der Waals surface area contributed by atoms with Crippen molar-refractivity contribution in [3.05, 3.63) is 71.3 Å². The molecular formula is C27H25N3O9. The molecule has 0 radical (unpaired) electrons. The first kappa shape index (κ1) is 26.8. The van der Waals surface area contributed by atoms with Crippen LogP contribution in [0, 0.1) is 0 Å². The fourth-order valence-corrected chi connectivity index (χ4v) is 3.50. The number of rotatable bonds is 10. The molecule has 0 aromatic heterocycles. The van der Waals surface area contributed by atoms with Gasteiger partial charge in [-0.3, -0.25) is 9.59 Å². The molecule has 12 nitrogen and oxygen atoms in total. The summed E-state index contributed by atoms with van der Waals surface area (Å²) in [6, 6.07) is 14.2. The van der Waals surface area contributed by atoms with E-state index in [2.05, 4.69) is 15.8 Å². The Labute approximate surface area is 223 Å². The van der Waals surface area contributed by atoms with Crippen LogP contribution in [0.25, 0.3) is 0 Å². The van der Waals surface area contributed by atoms with E-state index in [0.29, 0.717) is 45.6 Å². The average Bonchev–Trinajstić information content (AvgIpc) is 3.44. The van der Waals surface area contributed by atoms with Crippen molar-refractivity contribution in [2.45, 2.75) is 0 Å². The Kier molecular flexibility index (Phi) is 8.46. The molecule has 0 saturated carbocycles. The van der Waals surface area contributed by atoms with E-state index in [0.717, 1.165) is 0 Å². The standard InChI is InChI=1S/C27H25N3O9/c1-34-22-11-18(12-23(35-2)25(22)36-3)26(32)28-14-24(31)30-29-13-16-4-7-19(8-5-16)39-27(33)17-6-9-20-21(10-17)38-15-37-20/h4-13H,14-15H2,1-3H3,(H,28,32)(H,30,31)/b29-13+. The molecule has 0 spiro atoms. The summed E-state index contributed by atoms with van der Waals surface area (Å²) >= 11 is 0. The molecule has 0 unspecified atom stereocenters. The van der Waals surface area contributed by atoms with Gasteiger partial charge < -0.3 is 33.7 Å². The number of esters is 1. The Morgan fingerprint density at radius 3 is 2.23 bits per heavy atom. The van der Waals surface area contributed by atoms with Crippen molar-refractivity contribution >= 4 is 24.0 Å². The molecule has 3 aromatic rings. The van der Waals surface area contributed by atoms with Crippen molar-refractivity contribution in [1.82, 2.24) is 10.7 Å². The molecule has 3 aromatic carbocycles. The molecule has 0 fully saturated rings. The van der Waals surface area contributed by atoms with Gasteiger partial charge in [0.15, 0.2) is 23.0 Å². The number of hydrogen-bond acceptors (Lipinski definition) is 10. The average molecular weight is 536 g/mol. The summed E-state index contributed by atoms with van der Waals surface area (Å²) in [6.45, 7) is -0.206. The molecule has 1 heterocycles. The topological polar surface area (TPSA) is 143 Å². The number of hydrazone groups is 1. The highest BCUT2D eigenvalue weighted by Gasteiger charge is 2.18. The maximum absolute atomic E-state index is 12.5. The predicted octanol–water partition coefficient (Wildman–Crippen LogP) is 2.54. The summed E-state index contributed by atoms with van der Waals surface area (Å²) in [5.41, 5.74) is 3.51. The molecule has 4 rings (SSSR count). The van der Waals surface area contributed by atoms with Gasteiger partial charge in [0.25, 0.3) is 11.8 Å². The lowest BCUT2D eigenvalue weighted by Gasteiger charge is -2.14. The summed E-state index contributed by atoms with van der Waals surface area (Å²) in [7, 11) is 4.33. The lowest BCUT2D eigenvalue weighted by Crippen LogP contribution is -2.34. The normalized spacial score (nSPS) is 11.6. The molecule has 1 aliphatic heterocycles. The van der Waals surface area contributed by atoms with Crippen LogP contribution < -0.4 is 39.2 Å². The third-order valence-corrected chi connectivity index (χ3v) is 5.44. The minimum atomic E-state index is -0.546. The maximum atomic E-state index is 12.5. The van der Waals surface area contributed by atoms with Crippen LogP contribution >= 0.6 is 0 Å². The van der Waals surface area contributed by atoms with Crippen LogP contribution in [0.2, 0.25) is 0 Å². The molecule has 1 aliphatic rings. The Morgan fingerprint density at radius 1 is 0.872 bits per heavy atom. The Balaban J connectivity index is 1.25. The number of fused-ring (bicyclic) bond motifs is 1. The van der Waals surface area contributed by atoms with Gasteiger partial charge >= 0.3 is 5.97 Å². The van der Waals surface area contributed by atoms with E-state index in [-0.39, 0.29) is 18.9 Å². The van der Waals surface area contributed by atoms with Crippen molar-refractivity contribution < 1.29 is 42.8 Å². The Bertz CT molecular complexity index is 1380. The molecule has 0 saturated heterocycles. The van der Waals surface area contributed by atoms with Gasteiger partial charge in [-0.25, -0.2) is 10.2 Å². The Morgan fingerprint density at radius 2 is 1.56 bits per heavy atom. The summed E-state index contributed by atoms with van der Waals surface area (Å²) in [6.07, 6.45) is 1.41. The van der Waals surface area contributed by atoms with Gasteiger partial charge in [0.2, 0.25) is 12.5 Å². The molecule has 202 valence electrons. The van der Waals surface area contributed by atoms with E-state index in [4.69, 9.17) is 28.4 Å². The van der Waals surface area contributed by atoms with E-state index in [1.165, 1.54) is 39.7 Å². The molecule has 0 aliphatic carbocycles. The van der Waals surface area contributed by atoms with E-state index in [1.54, 1.807) is 42.5 Å². The largest absolute Gasteiger partial charge is 0.493 e. The SMILES string of the molecule is COc1cc(C(=O)NCC(=O)N/N=C/c2ccc(OC(=O)c3ccc4c(c3)OCO4)cc2)cc(OC)c1OC. The first-order chi connectivity index (χ1) is 18.9. The molecule has 0 atom stereocenters. The summed E-state index contributed by atoms with van der Waals surface area (Å²) < 4.78 is 31.6. The van der Waals surface area contributed by atoms with E-state index < -0.39 is 17.8 Å². The molecule has 12 heteroatoms. The number of benzene rings is 3. The number of carbonyl (C=O) groups is 3. The smallest absolute Gasteiger partial charge is 0.343 e. The van der Waals surface area contributed by atoms with Crippen LogP contribution in [0.4, 0.5) is 0 Å². The van der Waals surface area contributed by atoms with Crippen LogP contribution in [0.3, 0.4) is 0 Å². The van der Waals surface area contributed by atoms with Crippen LogP contribution in [0.15, 0.2) is 59.7 Å². The number of hydrogen-bond donors (Lipinski definition) is 2. The van der Waals surface area contributed by atoms with Gasteiger partial charge in [-0.1, -0.05) is 0 Å². The predicted molar refractivity (Wildman–Crippen MR) is 138 cm³/mol. The highest BCUT2D eigenvalue weighted by Crippen LogP contribution is 2.38. The number of amides is 2. The zero-order valence-electron chi connectivity index (χ0n) is 21.3. The number of nitrogens with zero attached hydrogens (tertiary/aromatic N) is 1. The monoisotopic (exact) mass is 535 g/mol. The molecule has 39 heavy (non-hydrogen) atoms. The van der Waals surface area contributed by atoms with Crippen molar-refractivity contribution in [2.24, 2.45) is 5.10 Å². The van der Waals surface area contributed by atoms with Crippen LogP contribution in [-0.2, 0) is 4.79 Å². The number of ether oxygens (including phenoxy) is 6. The highest BCUT2D eigenvalue weighted by molar-refractivity contribution is 5.97. The van der Waals surface area contributed by atoms with Crippen molar-refractivity contribution in [3.8, 4) is 34.5 Å². The molecule has 2 N–H and O–H groups in total. The van der Waals surface area contributed by atoms with Crippen molar-refractivity contribution in [2.75, 3.05) is 34.7 Å². The summed E-state index contributed by atoms with van der Waals surface area (Å²) in [5, 5.41) is 6.38. The van der Waals surface area contributed by atoms with Gasteiger partial charge in [-0.15, -0.1) is 0 Å². The van der Waals surface area contributed by atoms with Gasteiger partial charge in [0.05, 0.1) is 39.7 Å². The van der Waals surface area contributed by atoms with Crippen molar-refractivity contribution in [3.63, 3.8) is 0 Å². The third-order valence-electron chi connectivity index (χ3n) is 5.44. The van der Waals surface area contributed by atoms with Crippen LogP contribution in [0.5, 0.6) is 34.5 Å². The zero-order chi connectivity index (χ0) is 27.8. The van der Waals surface area contributed by atoms with E-state index in [9.17, 15) is 14.4 Å². The molecule has 0 bridgehead atoms. The quantitative estimate of drug-likeness (QED) is 0.173. The second-order valence-electron chi connectivity index (χ2n) is 7.92. The van der Waals surface area contributed by atoms with Gasteiger partial charge in [0.1, 0.15) is 5.75 Å². The number of nitrogens with one attached hydrogen (secondary N) is 2. The second kappa shape index (κ2) is 12.3. The Hall–Kier alpha value is -5.26. The van der Waals surface area contributed by atoms with Gasteiger partial charge in [0, 0.05) is 5.56 Å². The zero-order valence-corrected chi connectivity index (χ0v) is 21.3. The second-order valence-corrected chi connectivity index (χ2v) is 7.92. The van der Waals surface area contributed by atoms with E-state index in [1.807, 2.05) is 0 Å². The number of carbonyl (C=O) groups excluding carboxylic acids is 3. The van der Waals surface area contributed by atoms with Gasteiger partial charge in [-0.2, -0.15) is 5.10 Å². The minimum absolute atomic E-state index is 0.112. The van der Waals surface area contributed by atoms with Crippen LogP contribution in [-0.4, -0.2) is 58.7 Å². The van der Waals surface area contributed by atoms with Gasteiger partial charge in [-0.05, 0) is 60.2 Å². The van der Waals surface area contributed by atoms with E-state index >= 15 is 0 Å². The minimum Gasteiger partial charge on any atom is -0.493 e. The fraction of sp³-hybridized carbons (Fsp3) is 0.185. The number of methoxy groups -OCH3 is 3. The first-order valence-electron chi connectivity index (χ1n) is 11.5. The fourth-order valence-electron chi connectivity index (χ4n) is 3.50. The summed E-state index contributed by atoms with van der Waals surface area (Å²) in [5.74, 6) is 0.751. The molecule has 2 amide bonds. The third kappa shape index (κ3) is 6.55. The lowest BCUT2D eigenvalue weighted by molar-refractivity contribution is -0.120.